The average molecular weight is 306 g/mol. The van der Waals surface area contributed by atoms with Crippen molar-refractivity contribution in [2.45, 2.75) is 57.6 Å². The van der Waals surface area contributed by atoms with Crippen LogP contribution in [0.4, 0.5) is 0 Å². The molecule has 0 spiro atoms. The van der Waals surface area contributed by atoms with Crippen molar-refractivity contribution in [2.75, 3.05) is 0 Å². The van der Waals surface area contributed by atoms with Gasteiger partial charge in [-0.25, -0.2) is 4.79 Å². The third-order valence-corrected chi connectivity index (χ3v) is 3.94. The number of benzene rings is 1. The first kappa shape index (κ1) is 17.8. The fourth-order valence-corrected chi connectivity index (χ4v) is 3.82. The summed E-state index contributed by atoms with van der Waals surface area (Å²) >= 11 is 1.85. The Balaban J connectivity index is 2.70. The van der Waals surface area contributed by atoms with E-state index in [4.69, 9.17) is 4.74 Å². The summed E-state index contributed by atoms with van der Waals surface area (Å²) in [7, 11) is 0. The third-order valence-electron chi connectivity index (χ3n) is 2.73. The van der Waals surface area contributed by atoms with E-state index in [0.29, 0.717) is 16.7 Å². The maximum absolute atomic E-state index is 11.5. The number of hydrogen-bond acceptors (Lipinski definition) is 3. The number of carbonyl (C=O) groups is 1. The highest BCUT2D eigenvalue weighted by Crippen LogP contribution is 2.41. The number of thioether (sulfide) groups is 1. The van der Waals surface area contributed by atoms with E-state index in [-0.39, 0.29) is 10.7 Å². The van der Waals surface area contributed by atoms with Crippen LogP contribution in [0.1, 0.15) is 48.0 Å². The number of carbonyl (C=O) groups excluding carboxylic acids is 1. The fourth-order valence-electron chi connectivity index (χ4n) is 2.40. The molecule has 0 aliphatic carbocycles. The molecule has 1 aromatic carbocycles. The number of hydrogen-bond donors (Lipinski definition) is 0. The van der Waals surface area contributed by atoms with Crippen molar-refractivity contribution in [3.05, 3.63) is 36.4 Å². The van der Waals surface area contributed by atoms with Crippen LogP contribution in [0, 0.1) is 5.41 Å². The monoisotopic (exact) mass is 306 g/mol. The molecule has 0 aromatic heterocycles. The molecule has 0 aliphatic heterocycles. The molecular weight excluding hydrogens is 280 g/mol. The first-order valence-electron chi connectivity index (χ1n) is 7.15. The summed E-state index contributed by atoms with van der Waals surface area (Å²) < 4.78 is 5.35. The summed E-state index contributed by atoms with van der Waals surface area (Å²) in [6.45, 7) is 16.5. The van der Waals surface area contributed by atoms with Crippen LogP contribution in [0.5, 0.6) is 5.75 Å². The minimum atomic E-state index is -0.386. The Morgan fingerprint density at radius 3 is 2.10 bits per heavy atom. The summed E-state index contributed by atoms with van der Waals surface area (Å²) in [5.41, 5.74) is 0.702. The van der Waals surface area contributed by atoms with Crippen molar-refractivity contribution in [2.24, 2.45) is 5.41 Å². The molecule has 1 aromatic rings. The van der Waals surface area contributed by atoms with Crippen molar-refractivity contribution in [3.8, 4) is 5.75 Å². The normalized spacial score (nSPS) is 12.1. The maximum Gasteiger partial charge on any atom is 0.338 e. The van der Waals surface area contributed by atoms with Crippen molar-refractivity contribution >= 4 is 17.7 Å². The maximum atomic E-state index is 11.5. The lowest BCUT2D eigenvalue weighted by Gasteiger charge is -2.31. The van der Waals surface area contributed by atoms with Crippen LogP contribution in [0.25, 0.3) is 0 Å². The summed E-state index contributed by atoms with van der Waals surface area (Å²) in [5.74, 6) is 0.171. The molecule has 0 atom stereocenters. The zero-order chi connectivity index (χ0) is 16.3. The molecular formula is C18H26O2S. The van der Waals surface area contributed by atoms with Crippen LogP contribution in [0.15, 0.2) is 41.3 Å². The van der Waals surface area contributed by atoms with Gasteiger partial charge in [0.25, 0.3) is 0 Å². The van der Waals surface area contributed by atoms with Gasteiger partial charge in [-0.05, 0) is 43.0 Å². The lowest BCUT2D eigenvalue weighted by atomic mass is 9.86. The van der Waals surface area contributed by atoms with Gasteiger partial charge < -0.3 is 4.74 Å². The molecule has 21 heavy (non-hydrogen) atoms. The van der Waals surface area contributed by atoms with Gasteiger partial charge in [0, 0.05) is 15.2 Å². The molecule has 0 unspecified atom stereocenters. The molecule has 0 bridgehead atoms. The van der Waals surface area contributed by atoms with E-state index < -0.39 is 0 Å². The summed E-state index contributed by atoms with van der Waals surface area (Å²) in [4.78, 5) is 12.6. The lowest BCUT2D eigenvalue weighted by molar-refractivity contribution is -0.130. The second-order valence-corrected chi connectivity index (χ2v) is 9.02. The predicted octanol–water partition coefficient (Wildman–Crippen LogP) is 5.48. The van der Waals surface area contributed by atoms with Crippen molar-refractivity contribution in [3.63, 3.8) is 0 Å². The highest BCUT2D eigenvalue weighted by Gasteiger charge is 2.26. The van der Waals surface area contributed by atoms with Gasteiger partial charge in [0.2, 0.25) is 0 Å². The van der Waals surface area contributed by atoms with Crippen LogP contribution in [-0.4, -0.2) is 10.7 Å². The molecule has 0 heterocycles. The number of rotatable bonds is 5. The van der Waals surface area contributed by atoms with E-state index in [9.17, 15) is 4.79 Å². The Kier molecular flexibility index (Phi) is 5.68. The van der Waals surface area contributed by atoms with Crippen LogP contribution in [-0.2, 0) is 4.79 Å². The fraction of sp³-hybridized carbons (Fsp3) is 0.500. The third kappa shape index (κ3) is 6.85. The van der Waals surface area contributed by atoms with Crippen molar-refractivity contribution in [1.82, 2.24) is 0 Å². The molecule has 116 valence electrons. The van der Waals surface area contributed by atoms with E-state index in [2.05, 4.69) is 41.2 Å². The highest BCUT2D eigenvalue weighted by molar-refractivity contribution is 8.00. The minimum absolute atomic E-state index is 0.161. The molecule has 0 fully saturated rings. The number of ether oxygens (including phenoxy) is 1. The van der Waals surface area contributed by atoms with Gasteiger partial charge in [-0.1, -0.05) is 41.2 Å². The topological polar surface area (TPSA) is 26.3 Å². The van der Waals surface area contributed by atoms with Crippen LogP contribution >= 0.6 is 11.8 Å². The molecule has 0 saturated heterocycles. The summed E-state index contributed by atoms with van der Waals surface area (Å²) in [6.07, 6.45) is 1.12. The second-order valence-electron chi connectivity index (χ2n) is 7.24. The SMILES string of the molecule is C=C(C)C(=O)Oc1ccc(SC(C)(C)CC(C)(C)C)cc1. The summed E-state index contributed by atoms with van der Waals surface area (Å²) in [5, 5.41) is 0. The number of esters is 1. The van der Waals surface area contributed by atoms with E-state index in [0.717, 1.165) is 6.42 Å². The average Bonchev–Trinajstić information content (AvgIpc) is 2.27. The van der Waals surface area contributed by atoms with Gasteiger partial charge in [0.05, 0.1) is 0 Å². The highest BCUT2D eigenvalue weighted by atomic mass is 32.2. The first-order chi connectivity index (χ1) is 9.48. The van der Waals surface area contributed by atoms with Crippen LogP contribution in [0.2, 0.25) is 0 Å². The van der Waals surface area contributed by atoms with E-state index in [1.807, 2.05) is 36.0 Å². The Morgan fingerprint density at radius 1 is 1.14 bits per heavy atom. The molecule has 3 heteroatoms. The Labute approximate surface area is 133 Å². The zero-order valence-electron chi connectivity index (χ0n) is 13.9. The Bertz CT molecular complexity index is 507. The standard InChI is InChI=1S/C18H26O2S/c1-13(2)16(19)20-14-8-10-15(11-9-14)21-18(6,7)12-17(3,4)5/h8-11H,1,12H2,2-7H3. The Morgan fingerprint density at radius 2 is 1.67 bits per heavy atom. The molecule has 0 amide bonds. The molecule has 0 radical (unpaired) electrons. The molecule has 0 saturated carbocycles. The van der Waals surface area contributed by atoms with E-state index in [1.165, 1.54) is 4.90 Å². The molecule has 2 nitrogen and oxygen atoms in total. The summed E-state index contributed by atoms with van der Waals surface area (Å²) in [6, 6.07) is 7.65. The van der Waals surface area contributed by atoms with Crippen molar-refractivity contribution < 1.29 is 9.53 Å². The smallest absolute Gasteiger partial charge is 0.338 e. The quantitative estimate of drug-likeness (QED) is 0.312. The van der Waals surface area contributed by atoms with E-state index in [1.54, 1.807) is 6.92 Å². The zero-order valence-corrected chi connectivity index (χ0v) is 14.8. The van der Waals surface area contributed by atoms with Gasteiger partial charge in [0.1, 0.15) is 5.75 Å². The first-order valence-corrected chi connectivity index (χ1v) is 7.97. The predicted molar refractivity (Wildman–Crippen MR) is 90.9 cm³/mol. The second kappa shape index (κ2) is 6.69. The van der Waals surface area contributed by atoms with E-state index >= 15 is 0 Å². The van der Waals surface area contributed by atoms with Gasteiger partial charge >= 0.3 is 5.97 Å². The molecule has 0 N–H and O–H groups in total. The minimum Gasteiger partial charge on any atom is -0.423 e. The van der Waals surface area contributed by atoms with Crippen LogP contribution in [0.3, 0.4) is 0 Å². The molecule has 0 aliphatic rings. The van der Waals surface area contributed by atoms with Crippen LogP contribution < -0.4 is 4.74 Å². The lowest BCUT2D eigenvalue weighted by Crippen LogP contribution is -2.23. The Hall–Kier alpha value is -1.22. The largest absolute Gasteiger partial charge is 0.423 e. The van der Waals surface area contributed by atoms with Gasteiger partial charge in [-0.3, -0.25) is 0 Å². The molecule has 1 rings (SSSR count). The van der Waals surface area contributed by atoms with Gasteiger partial charge in [-0.15, -0.1) is 11.8 Å². The van der Waals surface area contributed by atoms with Gasteiger partial charge in [-0.2, -0.15) is 0 Å². The van der Waals surface area contributed by atoms with Gasteiger partial charge in [0.15, 0.2) is 0 Å². The van der Waals surface area contributed by atoms with Crippen molar-refractivity contribution in [1.29, 1.82) is 0 Å².